The van der Waals surface area contributed by atoms with Gasteiger partial charge in [0, 0.05) is 28.9 Å². The number of thiol groups is 1. The van der Waals surface area contributed by atoms with Crippen LogP contribution in [0.4, 0.5) is 10.1 Å². The second-order valence-electron chi connectivity index (χ2n) is 7.13. The minimum Gasteiger partial charge on any atom is -0.398 e. The van der Waals surface area contributed by atoms with Crippen molar-refractivity contribution in [3.8, 4) is 11.1 Å². The van der Waals surface area contributed by atoms with Crippen molar-refractivity contribution >= 4 is 36.1 Å². The molecule has 1 aromatic carbocycles. The number of nitrogens with two attached hydrogens (primary N) is 2. The Balaban J connectivity index is 0.000000211. The first-order valence-electron chi connectivity index (χ1n) is 9.78. The summed E-state index contributed by atoms with van der Waals surface area (Å²) in [5, 5.41) is 9.85. The van der Waals surface area contributed by atoms with E-state index in [4.69, 9.17) is 15.6 Å². The number of pyridine rings is 1. The van der Waals surface area contributed by atoms with E-state index in [1.54, 1.807) is 23.6 Å². The number of aryl methyl sites for hydroxylation is 1. The Bertz CT molecular complexity index is 1020. The van der Waals surface area contributed by atoms with E-state index < -0.39 is 0 Å². The zero-order chi connectivity index (χ0) is 23.0. The number of primary amides is 1. The summed E-state index contributed by atoms with van der Waals surface area (Å²) in [7, 11) is 0. The van der Waals surface area contributed by atoms with E-state index >= 15 is 0 Å². The molecule has 31 heavy (non-hydrogen) atoms. The Kier molecular flexibility index (Phi) is 9.42. The summed E-state index contributed by atoms with van der Waals surface area (Å²) in [5.74, 6) is 0.100. The van der Waals surface area contributed by atoms with Crippen LogP contribution in [0.15, 0.2) is 34.8 Å². The van der Waals surface area contributed by atoms with Gasteiger partial charge in [-0.3, -0.25) is 9.78 Å². The highest BCUT2D eigenvalue weighted by Crippen LogP contribution is 2.36. The van der Waals surface area contributed by atoms with Crippen LogP contribution in [0.5, 0.6) is 0 Å². The van der Waals surface area contributed by atoms with Crippen molar-refractivity contribution in [2.75, 3.05) is 5.73 Å². The monoisotopic (exact) mass is 462 g/mol. The third kappa shape index (κ3) is 6.25. The number of rotatable bonds is 3. The molecule has 0 aliphatic heterocycles. The molecule has 0 bridgehead atoms. The maximum atomic E-state index is 13.7. The molecule has 2 aromatic heterocycles. The molecule has 4 rings (SSSR count). The molecule has 1 aliphatic rings. The molecule has 1 amide bonds. The average Bonchev–Trinajstić information content (AvgIpc) is 3.37. The average molecular weight is 463 g/mol. The number of fused-ring (bicyclic) bond motifs is 1. The molecule has 0 radical (unpaired) electrons. The topological polar surface area (TPSA) is 115 Å². The predicted molar refractivity (Wildman–Crippen MR) is 126 cm³/mol. The second kappa shape index (κ2) is 11.8. The van der Waals surface area contributed by atoms with E-state index in [1.165, 1.54) is 17.3 Å². The van der Waals surface area contributed by atoms with Crippen LogP contribution >= 0.6 is 24.0 Å². The van der Waals surface area contributed by atoms with E-state index in [0.717, 1.165) is 39.7 Å². The number of aliphatic hydroxyl groups excluding tert-OH is 1. The molecule has 0 atom stereocenters. The molecule has 9 heteroatoms. The molecule has 0 spiro atoms. The molecule has 0 fully saturated rings. The van der Waals surface area contributed by atoms with Gasteiger partial charge >= 0.3 is 0 Å². The lowest BCUT2D eigenvalue weighted by Crippen LogP contribution is -1.98. The van der Waals surface area contributed by atoms with Crippen molar-refractivity contribution in [2.24, 2.45) is 5.73 Å². The van der Waals surface area contributed by atoms with Crippen molar-refractivity contribution in [1.82, 2.24) is 9.97 Å². The lowest BCUT2D eigenvalue weighted by Gasteiger charge is -2.11. The lowest BCUT2D eigenvalue weighted by molar-refractivity contribution is -0.106. The number of carbonyl (C=O) groups is 1. The SMILES string of the molecule is CC(C)c1nc(CO)c(S)s1.NC=O.Nc1c(-c2ccncc2F)ccc2c1CCC2. The van der Waals surface area contributed by atoms with Crippen LogP contribution in [0, 0.1) is 5.82 Å². The third-order valence-electron chi connectivity index (χ3n) is 4.73. The maximum Gasteiger partial charge on any atom is 0.204 e. The predicted octanol–water partition coefficient (Wildman–Crippen LogP) is 4.11. The minimum atomic E-state index is -0.322. The summed E-state index contributed by atoms with van der Waals surface area (Å²) >= 11 is 5.73. The summed E-state index contributed by atoms with van der Waals surface area (Å²) in [6, 6.07) is 5.65. The van der Waals surface area contributed by atoms with Gasteiger partial charge in [-0.05, 0) is 36.5 Å². The highest BCUT2D eigenvalue weighted by Gasteiger charge is 2.18. The lowest BCUT2D eigenvalue weighted by atomic mass is 9.98. The number of hydrogen-bond acceptors (Lipinski definition) is 7. The fourth-order valence-corrected chi connectivity index (χ4v) is 4.45. The van der Waals surface area contributed by atoms with Crippen molar-refractivity contribution in [3.63, 3.8) is 0 Å². The van der Waals surface area contributed by atoms with Crippen LogP contribution in [-0.2, 0) is 24.2 Å². The molecule has 5 N–H and O–H groups in total. The molecular weight excluding hydrogens is 435 g/mol. The summed E-state index contributed by atoms with van der Waals surface area (Å²) in [5.41, 5.74) is 15.6. The third-order valence-corrected chi connectivity index (χ3v) is 6.46. The quantitative estimate of drug-likeness (QED) is 0.266. The number of thiazole rings is 1. The molecule has 0 saturated heterocycles. The van der Waals surface area contributed by atoms with Crippen molar-refractivity contribution in [2.45, 2.75) is 49.8 Å². The molecule has 166 valence electrons. The van der Waals surface area contributed by atoms with Crippen LogP contribution < -0.4 is 11.5 Å². The van der Waals surface area contributed by atoms with Gasteiger partial charge in [0.05, 0.1) is 27.7 Å². The number of aliphatic hydroxyl groups is 1. The molecule has 1 aliphatic carbocycles. The van der Waals surface area contributed by atoms with Crippen molar-refractivity contribution in [3.05, 3.63) is 58.2 Å². The van der Waals surface area contributed by atoms with Gasteiger partial charge < -0.3 is 16.6 Å². The molecule has 3 aromatic rings. The van der Waals surface area contributed by atoms with Crippen LogP contribution in [-0.4, -0.2) is 21.5 Å². The van der Waals surface area contributed by atoms with Gasteiger partial charge in [-0.15, -0.1) is 24.0 Å². The number of halogens is 1. The Labute approximate surface area is 191 Å². The summed E-state index contributed by atoms with van der Waals surface area (Å²) in [6.07, 6.45) is 6.29. The van der Waals surface area contributed by atoms with Gasteiger partial charge in [0.1, 0.15) is 5.82 Å². The summed E-state index contributed by atoms with van der Waals surface area (Å²) < 4.78 is 14.5. The largest absolute Gasteiger partial charge is 0.398 e. The standard InChI is InChI=1S/C14H13FN2.C7H11NOS2.CH3NO/c15-13-8-17-7-6-11(13)12-5-4-9-2-1-3-10(9)14(12)16;1-4(2)6-8-5(3-9)7(10)11-6;2-1-3/h4-8H,1-3,16H2;4,9-10H,3H2,1-2H3;1H,(H2,2,3). The van der Waals surface area contributed by atoms with E-state index in [9.17, 15) is 4.39 Å². The number of carbonyl (C=O) groups excluding carboxylic acids is 1. The highest BCUT2D eigenvalue weighted by molar-refractivity contribution is 7.82. The number of benzene rings is 1. The zero-order valence-corrected chi connectivity index (χ0v) is 19.2. The maximum absolute atomic E-state index is 13.7. The second-order valence-corrected chi connectivity index (χ2v) is 8.91. The van der Waals surface area contributed by atoms with Gasteiger partial charge in [-0.2, -0.15) is 0 Å². The number of amides is 1. The van der Waals surface area contributed by atoms with Crippen LogP contribution in [0.2, 0.25) is 0 Å². The first kappa shape index (κ1) is 24.8. The van der Waals surface area contributed by atoms with Gasteiger partial charge in [0.25, 0.3) is 0 Å². The highest BCUT2D eigenvalue weighted by atomic mass is 32.2. The van der Waals surface area contributed by atoms with E-state index in [2.05, 4.69) is 48.2 Å². The number of anilines is 1. The van der Waals surface area contributed by atoms with Crippen LogP contribution in [0.3, 0.4) is 0 Å². The molecule has 0 unspecified atom stereocenters. The van der Waals surface area contributed by atoms with E-state index in [-0.39, 0.29) is 18.8 Å². The van der Waals surface area contributed by atoms with Gasteiger partial charge in [-0.1, -0.05) is 26.0 Å². The molecule has 0 saturated carbocycles. The number of hydrogen-bond donors (Lipinski definition) is 4. The Morgan fingerprint density at radius 3 is 2.55 bits per heavy atom. The number of nitrogen functional groups attached to an aromatic ring is 1. The van der Waals surface area contributed by atoms with E-state index in [0.29, 0.717) is 17.2 Å². The van der Waals surface area contributed by atoms with Gasteiger partial charge in [-0.25, -0.2) is 9.37 Å². The summed E-state index contributed by atoms with van der Waals surface area (Å²) in [6.45, 7) is 4.14. The normalized spacial score (nSPS) is 11.8. The molecule has 6 nitrogen and oxygen atoms in total. The number of nitrogens with zero attached hydrogens (tertiary/aromatic N) is 2. The fraction of sp³-hybridized carbons (Fsp3) is 0.318. The Morgan fingerprint density at radius 1 is 1.29 bits per heavy atom. The molecule has 2 heterocycles. The summed E-state index contributed by atoms with van der Waals surface area (Å²) in [4.78, 5) is 16.6. The Hall–Kier alpha value is -2.49. The zero-order valence-electron chi connectivity index (χ0n) is 17.5. The van der Waals surface area contributed by atoms with Gasteiger partial charge in [0.2, 0.25) is 6.41 Å². The molecular formula is C22H27FN4O2S2. The van der Waals surface area contributed by atoms with Crippen molar-refractivity contribution in [1.29, 1.82) is 0 Å². The fourth-order valence-electron chi connectivity index (χ4n) is 3.23. The first-order valence-corrected chi connectivity index (χ1v) is 11.0. The first-order chi connectivity index (χ1) is 14.8. The van der Waals surface area contributed by atoms with Crippen LogP contribution in [0.25, 0.3) is 11.1 Å². The van der Waals surface area contributed by atoms with Crippen LogP contribution in [0.1, 0.15) is 48.0 Å². The van der Waals surface area contributed by atoms with E-state index in [1.807, 2.05) is 6.07 Å². The smallest absolute Gasteiger partial charge is 0.204 e. The van der Waals surface area contributed by atoms with Gasteiger partial charge in [0.15, 0.2) is 0 Å². The number of aromatic nitrogens is 2. The minimum absolute atomic E-state index is 0.0119. The van der Waals surface area contributed by atoms with Crippen molar-refractivity contribution < 1.29 is 14.3 Å². The Morgan fingerprint density at radius 2 is 2.00 bits per heavy atom.